The van der Waals surface area contributed by atoms with Crippen molar-refractivity contribution in [1.29, 1.82) is 0 Å². The van der Waals surface area contributed by atoms with Crippen LogP contribution >= 0.6 is 0 Å². The molecule has 0 aliphatic heterocycles. The summed E-state index contributed by atoms with van der Waals surface area (Å²) in [4.78, 5) is 4.82. The highest BCUT2D eigenvalue weighted by Gasteiger charge is 2.25. The van der Waals surface area contributed by atoms with Gasteiger partial charge in [-0.2, -0.15) is 0 Å². The molecule has 0 fully saturated rings. The van der Waals surface area contributed by atoms with Crippen molar-refractivity contribution in [1.82, 2.24) is 0 Å². The lowest BCUT2D eigenvalue weighted by atomic mass is 9.97. The van der Waals surface area contributed by atoms with E-state index in [1.54, 1.807) is 0 Å². The third-order valence-electron chi connectivity index (χ3n) is 13.8. The minimum atomic E-state index is 0.863. The number of anilines is 6. The summed E-state index contributed by atoms with van der Waals surface area (Å²) in [5, 5.41) is 6.81. The maximum absolute atomic E-state index is 6.80. The van der Waals surface area contributed by atoms with Gasteiger partial charge in [0, 0.05) is 39.1 Å². The number of para-hydroxylation sites is 2. The second kappa shape index (κ2) is 17.9. The minimum absolute atomic E-state index is 0.863. The fourth-order valence-corrected chi connectivity index (χ4v) is 10.5. The van der Waals surface area contributed by atoms with E-state index in [0.717, 1.165) is 89.1 Å². The van der Waals surface area contributed by atoms with E-state index in [9.17, 15) is 0 Å². The molecule has 0 saturated heterocycles. The van der Waals surface area contributed by atoms with Crippen molar-refractivity contribution in [2.24, 2.45) is 0 Å². The second-order valence-corrected chi connectivity index (χ2v) is 18.1. The highest BCUT2D eigenvalue weighted by molar-refractivity contribution is 6.22. The molecule has 0 radical (unpaired) electrons. The number of rotatable bonds is 10. The zero-order chi connectivity index (χ0) is 47.1. The zero-order valence-electron chi connectivity index (χ0n) is 38.9. The van der Waals surface area contributed by atoms with Gasteiger partial charge in [-0.25, -0.2) is 0 Å². The largest absolute Gasteiger partial charge is 0.455 e. The fraction of sp³-hybridized carbons (Fsp3) is 0. The molecule has 3 nitrogen and oxygen atoms in total. The third kappa shape index (κ3) is 7.67. The standard InChI is InChI=1S/C68H46N2O/c1-3-18-47(19-4-1)49-36-40-55(41-37-49)69(57-27-15-25-52(44-57)60-33-17-24-51-22-7-9-29-59(51)60)58-28-16-26-53(45-58)61-30-11-13-34-64(61)70(56-42-38-50(39-43-56)48-20-5-2-6-21-48)65-46-54-23-8-10-31-62(54)68-67(65)63-32-12-14-35-66(63)71-68/h1-46H. The van der Waals surface area contributed by atoms with Crippen LogP contribution in [-0.2, 0) is 0 Å². The first kappa shape index (κ1) is 41.7. The number of furan rings is 1. The van der Waals surface area contributed by atoms with Gasteiger partial charge in [0.25, 0.3) is 0 Å². The van der Waals surface area contributed by atoms with Crippen LogP contribution in [0.25, 0.3) is 88.0 Å². The molecule has 334 valence electrons. The van der Waals surface area contributed by atoms with Crippen molar-refractivity contribution in [3.63, 3.8) is 0 Å². The van der Waals surface area contributed by atoms with Crippen molar-refractivity contribution in [2.75, 3.05) is 9.80 Å². The van der Waals surface area contributed by atoms with Gasteiger partial charge in [0.2, 0.25) is 0 Å². The monoisotopic (exact) mass is 906 g/mol. The normalized spacial score (nSPS) is 11.4. The van der Waals surface area contributed by atoms with Crippen LogP contribution in [0.3, 0.4) is 0 Å². The molecule has 13 rings (SSSR count). The van der Waals surface area contributed by atoms with Gasteiger partial charge in [0.15, 0.2) is 0 Å². The Hall–Kier alpha value is -9.44. The highest BCUT2D eigenvalue weighted by Crippen LogP contribution is 2.49. The van der Waals surface area contributed by atoms with E-state index >= 15 is 0 Å². The van der Waals surface area contributed by atoms with E-state index in [2.05, 4.69) is 289 Å². The quantitative estimate of drug-likeness (QED) is 0.136. The Balaban J connectivity index is 0.999. The second-order valence-electron chi connectivity index (χ2n) is 18.1. The highest BCUT2D eigenvalue weighted by atomic mass is 16.3. The Kier molecular flexibility index (Phi) is 10.5. The molecular formula is C68H46N2O. The van der Waals surface area contributed by atoms with Crippen LogP contribution in [0.4, 0.5) is 34.1 Å². The van der Waals surface area contributed by atoms with E-state index in [-0.39, 0.29) is 0 Å². The van der Waals surface area contributed by atoms with E-state index in [1.165, 1.54) is 33.0 Å². The maximum Gasteiger partial charge on any atom is 0.145 e. The van der Waals surface area contributed by atoms with Gasteiger partial charge >= 0.3 is 0 Å². The van der Waals surface area contributed by atoms with Crippen LogP contribution in [0.5, 0.6) is 0 Å². The predicted molar refractivity (Wildman–Crippen MR) is 300 cm³/mol. The molecule has 0 spiro atoms. The van der Waals surface area contributed by atoms with Crippen LogP contribution in [0.15, 0.2) is 283 Å². The van der Waals surface area contributed by atoms with E-state index < -0.39 is 0 Å². The number of fused-ring (bicyclic) bond motifs is 6. The first-order valence-electron chi connectivity index (χ1n) is 24.2. The molecule has 0 atom stereocenters. The van der Waals surface area contributed by atoms with Crippen molar-refractivity contribution in [3.8, 4) is 44.5 Å². The average Bonchev–Trinajstić information content (AvgIpc) is 3.85. The number of hydrogen-bond donors (Lipinski definition) is 0. The first-order valence-corrected chi connectivity index (χ1v) is 24.2. The molecule has 0 N–H and O–H groups in total. The molecule has 1 heterocycles. The number of benzene rings is 12. The molecule has 1 aromatic heterocycles. The maximum atomic E-state index is 6.80. The summed E-state index contributed by atoms with van der Waals surface area (Å²) in [5.74, 6) is 0. The Morgan fingerprint density at radius 2 is 0.718 bits per heavy atom. The summed E-state index contributed by atoms with van der Waals surface area (Å²) >= 11 is 0. The summed E-state index contributed by atoms with van der Waals surface area (Å²) in [5.41, 5.74) is 17.3. The summed E-state index contributed by atoms with van der Waals surface area (Å²) in [6, 6.07) is 100. The van der Waals surface area contributed by atoms with Gasteiger partial charge in [0.1, 0.15) is 11.2 Å². The predicted octanol–water partition coefficient (Wildman–Crippen LogP) is 19.5. The van der Waals surface area contributed by atoms with Gasteiger partial charge in [-0.05, 0) is 122 Å². The van der Waals surface area contributed by atoms with E-state index in [0.29, 0.717) is 0 Å². The summed E-state index contributed by atoms with van der Waals surface area (Å²) in [7, 11) is 0. The van der Waals surface area contributed by atoms with Crippen molar-refractivity contribution in [3.05, 3.63) is 279 Å². The Morgan fingerprint density at radius 3 is 1.39 bits per heavy atom. The molecule has 0 bridgehead atoms. The molecule has 0 unspecified atom stereocenters. The molecule has 0 saturated carbocycles. The van der Waals surface area contributed by atoms with Gasteiger partial charge in [-0.15, -0.1) is 0 Å². The van der Waals surface area contributed by atoms with Crippen LogP contribution < -0.4 is 9.80 Å². The van der Waals surface area contributed by atoms with E-state index in [1.807, 2.05) is 0 Å². The smallest absolute Gasteiger partial charge is 0.145 e. The number of nitrogens with zero attached hydrogens (tertiary/aromatic N) is 2. The molecule has 0 aliphatic rings. The van der Waals surface area contributed by atoms with E-state index in [4.69, 9.17) is 4.42 Å². The molecule has 0 aliphatic carbocycles. The summed E-state index contributed by atoms with van der Waals surface area (Å²) < 4.78 is 6.80. The Bertz CT molecular complexity index is 4040. The Morgan fingerprint density at radius 1 is 0.254 bits per heavy atom. The molecule has 12 aromatic carbocycles. The lowest BCUT2D eigenvalue weighted by Gasteiger charge is -2.30. The average molecular weight is 907 g/mol. The van der Waals surface area contributed by atoms with Crippen LogP contribution in [0, 0.1) is 0 Å². The van der Waals surface area contributed by atoms with Gasteiger partial charge < -0.3 is 14.2 Å². The molecule has 0 amide bonds. The van der Waals surface area contributed by atoms with Crippen molar-refractivity contribution < 1.29 is 4.42 Å². The van der Waals surface area contributed by atoms with Gasteiger partial charge in [0.05, 0.1) is 16.8 Å². The lowest BCUT2D eigenvalue weighted by molar-refractivity contribution is 0.672. The molecule has 71 heavy (non-hydrogen) atoms. The van der Waals surface area contributed by atoms with Crippen molar-refractivity contribution >= 4 is 77.6 Å². The fourth-order valence-electron chi connectivity index (χ4n) is 10.5. The summed E-state index contributed by atoms with van der Waals surface area (Å²) in [6.07, 6.45) is 0. The first-order chi connectivity index (χ1) is 35.2. The molecular weight excluding hydrogens is 861 g/mol. The lowest BCUT2D eigenvalue weighted by Crippen LogP contribution is -2.12. The Labute approximate surface area is 413 Å². The van der Waals surface area contributed by atoms with Gasteiger partial charge in [-0.3, -0.25) is 0 Å². The van der Waals surface area contributed by atoms with Crippen LogP contribution in [-0.4, -0.2) is 0 Å². The third-order valence-corrected chi connectivity index (χ3v) is 13.8. The summed E-state index contributed by atoms with van der Waals surface area (Å²) in [6.45, 7) is 0. The van der Waals surface area contributed by atoms with Gasteiger partial charge in [-0.1, -0.05) is 212 Å². The van der Waals surface area contributed by atoms with Crippen molar-refractivity contribution in [2.45, 2.75) is 0 Å². The molecule has 13 aromatic rings. The topological polar surface area (TPSA) is 19.6 Å². The molecule has 3 heteroatoms. The van der Waals surface area contributed by atoms with Crippen LogP contribution in [0.1, 0.15) is 0 Å². The SMILES string of the molecule is c1ccc(-c2ccc(N(c3cccc(-c4ccccc4N(c4ccc(-c5ccccc5)cc4)c4cc5ccccc5c5oc6ccccc6c45)c3)c3cccc(-c4cccc5ccccc45)c3)cc2)cc1. The van der Waals surface area contributed by atoms with Crippen LogP contribution in [0.2, 0.25) is 0 Å². The number of hydrogen-bond acceptors (Lipinski definition) is 3. The zero-order valence-corrected chi connectivity index (χ0v) is 38.9. The minimum Gasteiger partial charge on any atom is -0.455 e.